The molecule has 1 fully saturated rings. The maximum Gasteiger partial charge on any atom is 0.0178 e. The number of benzene rings is 1. The molecule has 2 heteroatoms. The van der Waals surface area contributed by atoms with Crippen LogP contribution in [0.1, 0.15) is 17.9 Å². The van der Waals surface area contributed by atoms with Gasteiger partial charge in [0.2, 0.25) is 0 Å². The highest BCUT2D eigenvalue weighted by molar-refractivity contribution is 9.10. The normalized spacial score (nSPS) is 28.5. The third kappa shape index (κ3) is 1.47. The topological polar surface area (TPSA) is 26.0 Å². The molecular formula is C9H10BrN. The van der Waals surface area contributed by atoms with Gasteiger partial charge in [0.15, 0.2) is 0 Å². The van der Waals surface area contributed by atoms with E-state index in [1.54, 1.807) is 0 Å². The minimum atomic E-state index is 0.407. The maximum absolute atomic E-state index is 5.73. The fourth-order valence-electron chi connectivity index (χ4n) is 1.34. The van der Waals surface area contributed by atoms with Crippen LogP contribution in [0, 0.1) is 0 Å². The molecule has 1 saturated carbocycles. The molecule has 11 heavy (non-hydrogen) atoms. The van der Waals surface area contributed by atoms with Crippen LogP contribution in [-0.4, -0.2) is 6.04 Å². The van der Waals surface area contributed by atoms with Crippen molar-refractivity contribution in [2.75, 3.05) is 0 Å². The van der Waals surface area contributed by atoms with Crippen LogP contribution in [0.3, 0.4) is 0 Å². The minimum Gasteiger partial charge on any atom is -0.327 e. The van der Waals surface area contributed by atoms with E-state index in [-0.39, 0.29) is 0 Å². The molecule has 2 atom stereocenters. The van der Waals surface area contributed by atoms with Crippen molar-refractivity contribution in [3.63, 3.8) is 0 Å². The first kappa shape index (κ1) is 7.32. The summed E-state index contributed by atoms with van der Waals surface area (Å²) in [7, 11) is 0. The molecule has 0 unspecified atom stereocenters. The van der Waals surface area contributed by atoms with Crippen LogP contribution < -0.4 is 5.73 Å². The van der Waals surface area contributed by atoms with Crippen molar-refractivity contribution < 1.29 is 0 Å². The van der Waals surface area contributed by atoms with Crippen molar-refractivity contribution >= 4 is 15.9 Å². The van der Waals surface area contributed by atoms with Gasteiger partial charge in [0, 0.05) is 16.4 Å². The highest BCUT2D eigenvalue weighted by atomic mass is 79.9. The monoisotopic (exact) mass is 211 g/mol. The number of rotatable bonds is 1. The highest BCUT2D eigenvalue weighted by Gasteiger charge is 2.34. The zero-order chi connectivity index (χ0) is 7.84. The SMILES string of the molecule is N[C@@H]1C[C@H]1c1cccc(Br)c1. The largest absolute Gasteiger partial charge is 0.327 e. The molecule has 1 aromatic rings. The molecule has 0 aromatic heterocycles. The summed E-state index contributed by atoms with van der Waals surface area (Å²) in [5.41, 5.74) is 7.10. The zero-order valence-electron chi connectivity index (χ0n) is 6.13. The average Bonchev–Trinajstić information content (AvgIpc) is 2.67. The van der Waals surface area contributed by atoms with Crippen molar-refractivity contribution in [3.8, 4) is 0 Å². The van der Waals surface area contributed by atoms with E-state index in [1.165, 1.54) is 5.56 Å². The van der Waals surface area contributed by atoms with Gasteiger partial charge >= 0.3 is 0 Å². The molecule has 1 aliphatic carbocycles. The van der Waals surface area contributed by atoms with Crippen molar-refractivity contribution in [2.45, 2.75) is 18.4 Å². The van der Waals surface area contributed by atoms with E-state index in [1.807, 2.05) is 6.07 Å². The molecule has 2 N–H and O–H groups in total. The van der Waals surface area contributed by atoms with Gasteiger partial charge in [0.25, 0.3) is 0 Å². The van der Waals surface area contributed by atoms with E-state index in [0.29, 0.717) is 12.0 Å². The van der Waals surface area contributed by atoms with E-state index in [4.69, 9.17) is 5.73 Å². The van der Waals surface area contributed by atoms with Crippen molar-refractivity contribution in [2.24, 2.45) is 5.73 Å². The summed E-state index contributed by atoms with van der Waals surface area (Å²) in [5.74, 6) is 0.618. The predicted octanol–water partition coefficient (Wildman–Crippen LogP) is 2.26. The van der Waals surface area contributed by atoms with E-state index in [9.17, 15) is 0 Å². The van der Waals surface area contributed by atoms with E-state index >= 15 is 0 Å². The number of halogens is 1. The van der Waals surface area contributed by atoms with Crippen molar-refractivity contribution in [1.29, 1.82) is 0 Å². The summed E-state index contributed by atoms with van der Waals surface area (Å²) in [4.78, 5) is 0. The first-order valence-electron chi connectivity index (χ1n) is 3.78. The summed E-state index contributed by atoms with van der Waals surface area (Å²) >= 11 is 3.44. The first-order valence-corrected chi connectivity index (χ1v) is 4.58. The van der Waals surface area contributed by atoms with E-state index < -0.39 is 0 Å². The van der Waals surface area contributed by atoms with Crippen molar-refractivity contribution in [1.82, 2.24) is 0 Å². The number of hydrogen-bond donors (Lipinski definition) is 1. The van der Waals surface area contributed by atoms with Crippen molar-refractivity contribution in [3.05, 3.63) is 34.3 Å². The molecule has 0 saturated heterocycles. The van der Waals surface area contributed by atoms with Crippen LogP contribution >= 0.6 is 15.9 Å². The van der Waals surface area contributed by atoms with Gasteiger partial charge in [-0.05, 0) is 24.1 Å². The van der Waals surface area contributed by atoms with Gasteiger partial charge in [0.05, 0.1) is 0 Å². The molecule has 0 spiro atoms. The third-order valence-electron chi connectivity index (χ3n) is 2.12. The molecule has 0 aliphatic heterocycles. The molecule has 0 amide bonds. The summed E-state index contributed by atoms with van der Waals surface area (Å²) in [6.45, 7) is 0. The second kappa shape index (κ2) is 2.61. The van der Waals surface area contributed by atoms with Gasteiger partial charge in [-0.15, -0.1) is 0 Å². The lowest BCUT2D eigenvalue weighted by molar-refractivity contribution is 0.989. The van der Waals surface area contributed by atoms with Gasteiger partial charge in [-0.25, -0.2) is 0 Å². The molecule has 58 valence electrons. The second-order valence-electron chi connectivity index (χ2n) is 3.06. The summed E-state index contributed by atoms with van der Waals surface area (Å²) in [6, 6.07) is 8.80. The van der Waals surface area contributed by atoms with E-state index in [0.717, 1.165) is 10.9 Å². The Hall–Kier alpha value is -0.340. The molecule has 1 aromatic carbocycles. The summed E-state index contributed by atoms with van der Waals surface area (Å²) in [6.07, 6.45) is 1.15. The Bertz CT molecular complexity index is 272. The van der Waals surface area contributed by atoms with Crippen LogP contribution in [0.15, 0.2) is 28.7 Å². The standard InChI is InChI=1S/C9H10BrN/c10-7-3-1-2-6(4-7)8-5-9(8)11/h1-4,8-9H,5,11H2/t8-,9+/m0/s1. The van der Waals surface area contributed by atoms with Crippen LogP contribution in [0.25, 0.3) is 0 Å². The van der Waals surface area contributed by atoms with Gasteiger partial charge < -0.3 is 5.73 Å². The Morgan fingerprint density at radius 2 is 2.18 bits per heavy atom. The lowest BCUT2D eigenvalue weighted by atomic mass is 10.1. The summed E-state index contributed by atoms with van der Waals surface area (Å²) in [5, 5.41) is 0. The summed E-state index contributed by atoms with van der Waals surface area (Å²) < 4.78 is 1.15. The van der Waals surface area contributed by atoms with Crippen LogP contribution in [0.4, 0.5) is 0 Å². The first-order chi connectivity index (χ1) is 5.27. The third-order valence-corrected chi connectivity index (χ3v) is 2.61. The molecular weight excluding hydrogens is 202 g/mol. The molecule has 0 radical (unpaired) electrons. The molecule has 0 heterocycles. The predicted molar refractivity (Wildman–Crippen MR) is 49.5 cm³/mol. The van der Waals surface area contributed by atoms with Gasteiger partial charge in [-0.2, -0.15) is 0 Å². The molecule has 1 aliphatic rings. The highest BCUT2D eigenvalue weighted by Crippen LogP contribution is 2.39. The van der Waals surface area contributed by atoms with Crippen LogP contribution in [-0.2, 0) is 0 Å². The fraction of sp³-hybridized carbons (Fsp3) is 0.333. The number of hydrogen-bond acceptors (Lipinski definition) is 1. The Kier molecular flexibility index (Phi) is 1.74. The fourth-order valence-corrected chi connectivity index (χ4v) is 1.75. The van der Waals surface area contributed by atoms with Crippen LogP contribution in [0.5, 0.6) is 0 Å². The lowest BCUT2D eigenvalue weighted by Crippen LogP contribution is -2.00. The van der Waals surface area contributed by atoms with Gasteiger partial charge in [-0.3, -0.25) is 0 Å². The Morgan fingerprint density at radius 3 is 2.73 bits per heavy atom. The smallest absolute Gasteiger partial charge is 0.0178 e. The molecule has 0 bridgehead atoms. The minimum absolute atomic E-state index is 0.407. The van der Waals surface area contributed by atoms with Crippen LogP contribution in [0.2, 0.25) is 0 Å². The Labute approximate surface area is 74.7 Å². The zero-order valence-corrected chi connectivity index (χ0v) is 7.71. The lowest BCUT2D eigenvalue weighted by Gasteiger charge is -1.97. The molecule has 1 nitrogen and oxygen atoms in total. The molecule has 2 rings (SSSR count). The van der Waals surface area contributed by atoms with E-state index in [2.05, 4.69) is 34.1 Å². The number of nitrogens with two attached hydrogens (primary N) is 1. The Morgan fingerprint density at radius 1 is 1.45 bits per heavy atom. The maximum atomic E-state index is 5.73. The quantitative estimate of drug-likeness (QED) is 0.759. The van der Waals surface area contributed by atoms with Gasteiger partial charge in [0.1, 0.15) is 0 Å². The average molecular weight is 212 g/mol. The second-order valence-corrected chi connectivity index (χ2v) is 3.98. The Balaban J connectivity index is 2.25. The van der Waals surface area contributed by atoms with Gasteiger partial charge in [-0.1, -0.05) is 28.1 Å².